The molecule has 0 N–H and O–H groups in total. The van der Waals surface area contributed by atoms with Crippen LogP contribution in [-0.4, -0.2) is 49.4 Å². The van der Waals surface area contributed by atoms with Crippen LogP contribution in [0.5, 0.6) is 0 Å². The summed E-state index contributed by atoms with van der Waals surface area (Å²) in [6, 6.07) is 22.6. The summed E-state index contributed by atoms with van der Waals surface area (Å²) in [4.78, 5) is 34.2. The van der Waals surface area contributed by atoms with Crippen molar-refractivity contribution < 1.29 is 9.59 Å². The number of piperazine rings is 1. The maximum absolute atomic E-state index is 13.4. The lowest BCUT2D eigenvalue weighted by Gasteiger charge is -2.41. The molecule has 184 valence electrons. The second-order valence-electron chi connectivity index (χ2n) is 9.70. The molecule has 2 aliphatic heterocycles. The predicted molar refractivity (Wildman–Crippen MR) is 149 cm³/mol. The third-order valence-corrected chi connectivity index (χ3v) is 7.97. The number of thioether (sulfide) groups is 1. The molecular formula is C30H31N3O2S. The molecule has 1 saturated heterocycles. The van der Waals surface area contributed by atoms with Crippen molar-refractivity contribution in [3.63, 3.8) is 0 Å². The maximum atomic E-state index is 13.4. The van der Waals surface area contributed by atoms with Crippen LogP contribution in [-0.2, 0) is 4.79 Å². The van der Waals surface area contributed by atoms with Gasteiger partial charge < -0.3 is 14.7 Å². The normalized spacial score (nSPS) is 19.0. The Morgan fingerprint density at radius 1 is 0.972 bits per heavy atom. The summed E-state index contributed by atoms with van der Waals surface area (Å²) in [6.45, 7) is 8.44. The molecule has 5 nitrogen and oxygen atoms in total. The average molecular weight is 498 g/mol. The number of rotatable bonds is 3. The molecular weight excluding hydrogens is 466 g/mol. The van der Waals surface area contributed by atoms with Crippen molar-refractivity contribution in [3.05, 3.63) is 93.9 Å². The Labute approximate surface area is 217 Å². The minimum absolute atomic E-state index is 0.0143. The molecule has 0 radical (unpaired) electrons. The number of likely N-dealkylation sites (N-methyl/N-ethyl adjacent to an activating group) is 1. The molecule has 6 heteroatoms. The SMILES string of the molecule is Cc1cccc(/C=C2\Sc3ccc(C(=O)N4CCN(c5cccc(C)c5)[C@H](C)C4)cc3N(C)C2=O)c1. The van der Waals surface area contributed by atoms with Gasteiger partial charge in [0.25, 0.3) is 11.8 Å². The van der Waals surface area contributed by atoms with Crippen molar-refractivity contribution in [1.82, 2.24) is 4.90 Å². The summed E-state index contributed by atoms with van der Waals surface area (Å²) >= 11 is 1.46. The second kappa shape index (κ2) is 9.86. The van der Waals surface area contributed by atoms with Gasteiger partial charge in [0, 0.05) is 48.9 Å². The lowest BCUT2D eigenvalue weighted by molar-refractivity contribution is -0.114. The Kier molecular flexibility index (Phi) is 6.63. The standard InChI is InChI=1S/C30H31N3O2S/c1-20-7-5-9-23(15-20)17-28-30(35)31(4)26-18-24(11-12-27(26)36-28)29(34)32-13-14-33(22(3)19-32)25-10-6-8-21(2)16-25/h5-12,15-18,22H,13-14,19H2,1-4H3/b28-17-/t22-/m1/s1. The van der Waals surface area contributed by atoms with E-state index in [2.05, 4.69) is 49.1 Å². The highest BCUT2D eigenvalue weighted by Gasteiger charge is 2.30. The zero-order chi connectivity index (χ0) is 25.4. The molecule has 1 atom stereocenters. The van der Waals surface area contributed by atoms with Gasteiger partial charge in [-0.1, -0.05) is 53.7 Å². The van der Waals surface area contributed by atoms with Gasteiger partial charge in [-0.3, -0.25) is 9.59 Å². The molecule has 0 aromatic heterocycles. The van der Waals surface area contributed by atoms with Crippen LogP contribution in [0.25, 0.3) is 6.08 Å². The van der Waals surface area contributed by atoms with E-state index in [4.69, 9.17) is 0 Å². The van der Waals surface area contributed by atoms with Crippen LogP contribution in [0.2, 0.25) is 0 Å². The van der Waals surface area contributed by atoms with Crippen molar-refractivity contribution in [2.45, 2.75) is 31.7 Å². The van der Waals surface area contributed by atoms with Crippen LogP contribution < -0.4 is 9.80 Å². The van der Waals surface area contributed by atoms with Crippen LogP contribution in [0, 0.1) is 13.8 Å². The molecule has 5 rings (SSSR count). The minimum atomic E-state index is -0.0565. The van der Waals surface area contributed by atoms with Gasteiger partial charge >= 0.3 is 0 Å². The number of fused-ring (bicyclic) bond motifs is 1. The number of hydrogen-bond donors (Lipinski definition) is 0. The zero-order valence-electron chi connectivity index (χ0n) is 21.2. The fraction of sp³-hybridized carbons (Fsp3) is 0.267. The van der Waals surface area contributed by atoms with Gasteiger partial charge in [-0.15, -0.1) is 0 Å². The first-order valence-electron chi connectivity index (χ1n) is 12.3. The van der Waals surface area contributed by atoms with E-state index in [0.29, 0.717) is 23.6 Å². The van der Waals surface area contributed by atoms with E-state index in [1.54, 1.807) is 11.9 Å². The number of aryl methyl sites for hydroxylation is 2. The first kappa shape index (κ1) is 24.2. The molecule has 0 aliphatic carbocycles. The molecule has 0 saturated carbocycles. The van der Waals surface area contributed by atoms with Gasteiger partial charge in [0.15, 0.2) is 0 Å². The highest BCUT2D eigenvalue weighted by Crippen LogP contribution is 2.42. The van der Waals surface area contributed by atoms with E-state index < -0.39 is 0 Å². The van der Waals surface area contributed by atoms with Gasteiger partial charge in [-0.2, -0.15) is 0 Å². The third kappa shape index (κ3) is 4.78. The van der Waals surface area contributed by atoms with E-state index in [9.17, 15) is 9.59 Å². The van der Waals surface area contributed by atoms with Gasteiger partial charge in [-0.05, 0) is 68.3 Å². The Morgan fingerprint density at radius 2 is 1.72 bits per heavy atom. The first-order valence-corrected chi connectivity index (χ1v) is 13.1. The highest BCUT2D eigenvalue weighted by molar-refractivity contribution is 8.04. The van der Waals surface area contributed by atoms with Crippen molar-refractivity contribution in [2.75, 3.05) is 36.5 Å². The van der Waals surface area contributed by atoms with Crippen molar-refractivity contribution in [2.24, 2.45) is 0 Å². The average Bonchev–Trinajstić information content (AvgIpc) is 2.86. The van der Waals surface area contributed by atoms with E-state index in [1.807, 2.05) is 54.3 Å². The predicted octanol–water partition coefficient (Wildman–Crippen LogP) is 5.76. The highest BCUT2D eigenvalue weighted by atomic mass is 32.2. The van der Waals surface area contributed by atoms with Crippen LogP contribution in [0.15, 0.2) is 76.5 Å². The second-order valence-corrected chi connectivity index (χ2v) is 10.8. The number of hydrogen-bond acceptors (Lipinski definition) is 4. The van der Waals surface area contributed by atoms with E-state index >= 15 is 0 Å². The topological polar surface area (TPSA) is 43.9 Å². The van der Waals surface area contributed by atoms with Gasteiger partial charge in [0.1, 0.15) is 0 Å². The molecule has 0 unspecified atom stereocenters. The minimum Gasteiger partial charge on any atom is -0.365 e. The number of anilines is 2. The smallest absolute Gasteiger partial charge is 0.264 e. The lowest BCUT2D eigenvalue weighted by atomic mass is 10.1. The van der Waals surface area contributed by atoms with Crippen LogP contribution >= 0.6 is 11.8 Å². The molecule has 3 aromatic rings. The molecule has 2 amide bonds. The van der Waals surface area contributed by atoms with E-state index in [1.165, 1.54) is 23.0 Å². The molecule has 3 aromatic carbocycles. The molecule has 1 fully saturated rings. The van der Waals surface area contributed by atoms with Gasteiger partial charge in [0.05, 0.1) is 10.6 Å². The van der Waals surface area contributed by atoms with E-state index in [-0.39, 0.29) is 17.9 Å². The fourth-order valence-electron chi connectivity index (χ4n) is 4.95. The molecule has 36 heavy (non-hydrogen) atoms. The van der Waals surface area contributed by atoms with Gasteiger partial charge in [-0.25, -0.2) is 0 Å². The maximum Gasteiger partial charge on any atom is 0.264 e. The number of amides is 2. The number of benzene rings is 3. The Morgan fingerprint density at radius 3 is 2.44 bits per heavy atom. The number of carbonyl (C=O) groups excluding carboxylic acids is 2. The van der Waals surface area contributed by atoms with Gasteiger partial charge in [0.2, 0.25) is 0 Å². The molecule has 2 heterocycles. The van der Waals surface area contributed by atoms with Crippen molar-refractivity contribution in [1.29, 1.82) is 0 Å². The first-order chi connectivity index (χ1) is 17.3. The molecule has 2 aliphatic rings. The third-order valence-electron chi connectivity index (χ3n) is 6.89. The molecule has 0 spiro atoms. The Hall–Kier alpha value is -3.51. The quantitative estimate of drug-likeness (QED) is 0.431. The lowest BCUT2D eigenvalue weighted by Crippen LogP contribution is -2.53. The van der Waals surface area contributed by atoms with Crippen molar-refractivity contribution in [3.8, 4) is 0 Å². The summed E-state index contributed by atoms with van der Waals surface area (Å²) in [5.41, 5.74) is 6.01. The van der Waals surface area contributed by atoms with Crippen LogP contribution in [0.3, 0.4) is 0 Å². The van der Waals surface area contributed by atoms with Crippen LogP contribution in [0.4, 0.5) is 11.4 Å². The Bertz CT molecular complexity index is 1370. The summed E-state index contributed by atoms with van der Waals surface area (Å²) in [6.07, 6.45) is 1.94. The molecule has 0 bridgehead atoms. The van der Waals surface area contributed by atoms with Crippen LogP contribution in [0.1, 0.15) is 34.0 Å². The summed E-state index contributed by atoms with van der Waals surface area (Å²) < 4.78 is 0. The number of carbonyl (C=O) groups is 2. The van der Waals surface area contributed by atoms with Crippen molar-refractivity contribution >= 4 is 41.0 Å². The summed E-state index contributed by atoms with van der Waals surface area (Å²) in [7, 11) is 1.78. The fourth-order valence-corrected chi connectivity index (χ4v) is 6.05. The van der Waals surface area contributed by atoms with E-state index in [0.717, 1.165) is 28.3 Å². The Balaban J connectivity index is 1.33. The number of nitrogens with zero attached hydrogens (tertiary/aromatic N) is 3. The largest absolute Gasteiger partial charge is 0.365 e. The summed E-state index contributed by atoms with van der Waals surface area (Å²) in [5, 5.41) is 0. The monoisotopic (exact) mass is 497 g/mol. The summed E-state index contributed by atoms with van der Waals surface area (Å²) in [5.74, 6) is -0.0421. The zero-order valence-corrected chi connectivity index (χ0v) is 22.0.